The van der Waals surface area contributed by atoms with Gasteiger partial charge in [-0.15, -0.1) is 6.58 Å². The van der Waals surface area contributed by atoms with E-state index in [-0.39, 0.29) is 6.04 Å². The second kappa shape index (κ2) is 6.25. The van der Waals surface area contributed by atoms with Gasteiger partial charge in [-0.2, -0.15) is 0 Å². The van der Waals surface area contributed by atoms with Gasteiger partial charge in [0.05, 0.1) is 6.04 Å². The summed E-state index contributed by atoms with van der Waals surface area (Å²) in [6, 6.07) is 25.0. The number of furan rings is 1. The van der Waals surface area contributed by atoms with E-state index in [9.17, 15) is 0 Å². The van der Waals surface area contributed by atoms with Crippen molar-refractivity contribution in [1.82, 2.24) is 0 Å². The van der Waals surface area contributed by atoms with Crippen LogP contribution in [0, 0.1) is 0 Å². The predicted molar refractivity (Wildman–Crippen MR) is 101 cm³/mol. The first-order chi connectivity index (χ1) is 11.8. The number of hydrogen-bond acceptors (Lipinski definition) is 2. The molecule has 0 radical (unpaired) electrons. The number of benzene rings is 3. The van der Waals surface area contributed by atoms with Gasteiger partial charge >= 0.3 is 0 Å². The molecule has 1 aromatic heterocycles. The molecule has 4 aromatic rings. The minimum absolute atomic E-state index is 0.0562. The van der Waals surface area contributed by atoms with Crippen LogP contribution in [0.3, 0.4) is 0 Å². The van der Waals surface area contributed by atoms with Crippen molar-refractivity contribution in [3.8, 4) is 0 Å². The molecule has 0 aliphatic carbocycles. The molecule has 3 aromatic carbocycles. The second-order valence-corrected chi connectivity index (χ2v) is 5.93. The fraction of sp³-hybridized carbons (Fsp3) is 0.0909. The lowest BCUT2D eigenvalue weighted by Crippen LogP contribution is -2.09. The van der Waals surface area contributed by atoms with Crippen molar-refractivity contribution in [2.45, 2.75) is 12.5 Å². The maximum absolute atomic E-state index is 6.06. The highest BCUT2D eigenvalue weighted by Gasteiger charge is 2.16. The van der Waals surface area contributed by atoms with Gasteiger partial charge in [0.1, 0.15) is 11.3 Å². The van der Waals surface area contributed by atoms with Crippen LogP contribution in [0.2, 0.25) is 0 Å². The third-order valence-electron chi connectivity index (χ3n) is 4.31. The summed E-state index contributed by atoms with van der Waals surface area (Å²) in [6.45, 7) is 3.90. The predicted octanol–water partition coefficient (Wildman–Crippen LogP) is 6.32. The SMILES string of the molecule is C=CCC(Nc1cccc2ccccc12)c1cc2ccccc2o1. The lowest BCUT2D eigenvalue weighted by atomic mass is 10.1. The Morgan fingerprint density at radius 1 is 0.917 bits per heavy atom. The van der Waals surface area contributed by atoms with Crippen LogP contribution in [0.5, 0.6) is 0 Å². The van der Waals surface area contributed by atoms with E-state index in [2.05, 4.69) is 66.5 Å². The highest BCUT2D eigenvalue weighted by atomic mass is 16.3. The zero-order chi connectivity index (χ0) is 16.4. The van der Waals surface area contributed by atoms with E-state index in [0.717, 1.165) is 28.8 Å². The Bertz CT molecular complexity index is 961. The maximum atomic E-state index is 6.06. The number of hydrogen-bond donors (Lipinski definition) is 1. The first-order valence-electron chi connectivity index (χ1n) is 8.19. The van der Waals surface area contributed by atoms with Crippen LogP contribution in [-0.4, -0.2) is 0 Å². The molecule has 0 amide bonds. The molecule has 1 unspecified atom stereocenters. The molecule has 1 atom stereocenters. The molecular formula is C22H19NO. The normalized spacial score (nSPS) is 12.3. The van der Waals surface area contributed by atoms with Gasteiger partial charge in [0.15, 0.2) is 0 Å². The van der Waals surface area contributed by atoms with Crippen LogP contribution in [0.4, 0.5) is 5.69 Å². The van der Waals surface area contributed by atoms with E-state index in [1.54, 1.807) is 0 Å². The van der Waals surface area contributed by atoms with Gasteiger partial charge < -0.3 is 9.73 Å². The standard InChI is InChI=1S/C22H19NO/c1-2-8-20(22-15-17-10-4-6-14-21(17)24-22)23-19-13-7-11-16-9-3-5-12-18(16)19/h2-7,9-15,20,23H,1,8H2. The summed E-state index contributed by atoms with van der Waals surface area (Å²) < 4.78 is 6.06. The van der Waals surface area contributed by atoms with Gasteiger partial charge in [-0.25, -0.2) is 0 Å². The van der Waals surface area contributed by atoms with Crippen molar-refractivity contribution >= 4 is 27.4 Å². The number of para-hydroxylation sites is 1. The fourth-order valence-electron chi connectivity index (χ4n) is 3.13. The summed E-state index contributed by atoms with van der Waals surface area (Å²) in [5, 5.41) is 7.20. The third kappa shape index (κ3) is 2.67. The van der Waals surface area contributed by atoms with E-state index < -0.39 is 0 Å². The molecule has 0 saturated carbocycles. The van der Waals surface area contributed by atoms with Crippen molar-refractivity contribution in [2.24, 2.45) is 0 Å². The summed E-state index contributed by atoms with van der Waals surface area (Å²) in [7, 11) is 0. The zero-order valence-corrected chi connectivity index (χ0v) is 13.4. The van der Waals surface area contributed by atoms with Gasteiger partial charge in [0, 0.05) is 16.5 Å². The molecule has 118 valence electrons. The first kappa shape index (κ1) is 14.6. The molecule has 0 aliphatic heterocycles. The summed E-state index contributed by atoms with van der Waals surface area (Å²) in [6.07, 6.45) is 2.72. The molecule has 0 saturated heterocycles. The van der Waals surface area contributed by atoms with Gasteiger partial charge in [0.25, 0.3) is 0 Å². The molecule has 4 rings (SSSR count). The van der Waals surface area contributed by atoms with Gasteiger partial charge in [-0.1, -0.05) is 60.7 Å². The highest BCUT2D eigenvalue weighted by Crippen LogP contribution is 2.31. The lowest BCUT2D eigenvalue weighted by molar-refractivity contribution is 0.513. The van der Waals surface area contributed by atoms with E-state index in [4.69, 9.17) is 4.42 Å². The highest BCUT2D eigenvalue weighted by molar-refractivity contribution is 5.94. The fourth-order valence-corrected chi connectivity index (χ4v) is 3.13. The molecule has 0 spiro atoms. The van der Waals surface area contributed by atoms with Gasteiger partial charge in [-0.3, -0.25) is 0 Å². The Kier molecular flexibility index (Phi) is 3.80. The topological polar surface area (TPSA) is 25.2 Å². The van der Waals surface area contributed by atoms with Crippen molar-refractivity contribution in [3.63, 3.8) is 0 Å². The Morgan fingerprint density at radius 3 is 2.50 bits per heavy atom. The van der Waals surface area contributed by atoms with Gasteiger partial charge in [-0.05, 0) is 30.0 Å². The van der Waals surface area contributed by atoms with Gasteiger partial charge in [0.2, 0.25) is 0 Å². The minimum atomic E-state index is 0.0562. The third-order valence-corrected chi connectivity index (χ3v) is 4.31. The van der Waals surface area contributed by atoms with Crippen LogP contribution in [-0.2, 0) is 0 Å². The van der Waals surface area contributed by atoms with Crippen LogP contribution >= 0.6 is 0 Å². The van der Waals surface area contributed by atoms with E-state index in [0.29, 0.717) is 0 Å². The van der Waals surface area contributed by atoms with Crippen LogP contribution < -0.4 is 5.32 Å². The Hall–Kier alpha value is -3.00. The summed E-state index contributed by atoms with van der Waals surface area (Å²) >= 11 is 0. The van der Waals surface area contributed by atoms with Crippen molar-refractivity contribution in [1.29, 1.82) is 0 Å². The summed E-state index contributed by atoms with van der Waals surface area (Å²) in [4.78, 5) is 0. The van der Waals surface area contributed by atoms with Crippen molar-refractivity contribution in [2.75, 3.05) is 5.32 Å². The molecular weight excluding hydrogens is 294 g/mol. The Balaban J connectivity index is 1.74. The van der Waals surface area contributed by atoms with Crippen molar-refractivity contribution in [3.05, 3.63) is 91.2 Å². The van der Waals surface area contributed by atoms with E-state index in [1.165, 1.54) is 10.8 Å². The number of fused-ring (bicyclic) bond motifs is 2. The molecule has 24 heavy (non-hydrogen) atoms. The Labute approximate surface area is 141 Å². The largest absolute Gasteiger partial charge is 0.459 e. The quantitative estimate of drug-likeness (QED) is 0.436. The molecule has 0 bridgehead atoms. The van der Waals surface area contributed by atoms with Crippen LogP contribution in [0.1, 0.15) is 18.2 Å². The van der Waals surface area contributed by atoms with E-state index >= 15 is 0 Å². The zero-order valence-electron chi connectivity index (χ0n) is 13.4. The Morgan fingerprint density at radius 2 is 1.67 bits per heavy atom. The molecule has 0 fully saturated rings. The van der Waals surface area contributed by atoms with Crippen LogP contribution in [0.15, 0.2) is 89.9 Å². The average Bonchev–Trinajstić information content (AvgIpc) is 3.06. The summed E-state index contributed by atoms with van der Waals surface area (Å²) in [5.41, 5.74) is 2.03. The second-order valence-electron chi connectivity index (χ2n) is 5.93. The molecule has 1 N–H and O–H groups in total. The minimum Gasteiger partial charge on any atom is -0.459 e. The van der Waals surface area contributed by atoms with Crippen molar-refractivity contribution < 1.29 is 4.42 Å². The molecule has 0 aliphatic rings. The average molecular weight is 313 g/mol. The smallest absolute Gasteiger partial charge is 0.134 e. The molecule has 2 nitrogen and oxygen atoms in total. The molecule has 1 heterocycles. The number of nitrogens with one attached hydrogen (secondary N) is 1. The molecule has 2 heteroatoms. The number of rotatable bonds is 5. The summed E-state index contributed by atoms with van der Waals surface area (Å²) in [5.74, 6) is 0.934. The first-order valence-corrected chi connectivity index (χ1v) is 8.19. The number of anilines is 1. The lowest BCUT2D eigenvalue weighted by Gasteiger charge is -2.18. The monoisotopic (exact) mass is 313 g/mol. The maximum Gasteiger partial charge on any atom is 0.134 e. The van der Waals surface area contributed by atoms with E-state index in [1.807, 2.05) is 24.3 Å². The van der Waals surface area contributed by atoms with Crippen LogP contribution in [0.25, 0.3) is 21.7 Å².